The van der Waals surface area contributed by atoms with Crippen molar-refractivity contribution in [3.05, 3.63) is 35.3 Å². The molecule has 20 heavy (non-hydrogen) atoms. The van der Waals surface area contributed by atoms with Gasteiger partial charge in [-0.2, -0.15) is 0 Å². The van der Waals surface area contributed by atoms with Gasteiger partial charge in [-0.15, -0.1) is 0 Å². The Labute approximate surface area is 115 Å². The number of anilines is 1. The van der Waals surface area contributed by atoms with Crippen molar-refractivity contribution in [2.75, 3.05) is 11.9 Å². The van der Waals surface area contributed by atoms with Crippen LogP contribution in [0.15, 0.2) is 12.1 Å². The van der Waals surface area contributed by atoms with Crippen LogP contribution in [0.4, 0.5) is 18.9 Å². The third kappa shape index (κ3) is 2.21. The van der Waals surface area contributed by atoms with Gasteiger partial charge in [0.2, 0.25) is 0 Å². The molecule has 0 spiro atoms. The lowest BCUT2D eigenvalue weighted by atomic mass is 10.1. The predicted octanol–water partition coefficient (Wildman–Crippen LogP) is 4.35. The Morgan fingerprint density at radius 3 is 2.60 bits per heavy atom. The average molecular weight is 280 g/mol. The Hall–Kier alpha value is -1.78. The molecule has 106 valence electrons. The number of hydrogen-bond donors (Lipinski definition) is 1. The molecule has 1 heterocycles. The van der Waals surface area contributed by atoms with E-state index >= 15 is 0 Å². The van der Waals surface area contributed by atoms with Crippen LogP contribution in [0.25, 0.3) is 10.9 Å². The van der Waals surface area contributed by atoms with Gasteiger partial charge < -0.3 is 5.32 Å². The maximum atomic E-state index is 13.9. The van der Waals surface area contributed by atoms with Crippen LogP contribution in [0.5, 0.6) is 0 Å². The molecule has 1 N–H and O–H groups in total. The summed E-state index contributed by atoms with van der Waals surface area (Å²) < 4.78 is 40.7. The lowest BCUT2D eigenvalue weighted by molar-refractivity contribution is 0.452. The normalized spacial score (nSPS) is 14.8. The summed E-state index contributed by atoms with van der Waals surface area (Å²) in [5.41, 5.74) is 1.28. The second-order valence-electron chi connectivity index (χ2n) is 5.18. The topological polar surface area (TPSA) is 24.9 Å². The molecule has 1 aromatic heterocycles. The quantitative estimate of drug-likeness (QED) is 0.842. The van der Waals surface area contributed by atoms with Gasteiger partial charge in [-0.1, -0.05) is 6.92 Å². The average Bonchev–Trinajstić information content (AvgIpc) is 3.27. The highest BCUT2D eigenvalue weighted by atomic mass is 19.2. The van der Waals surface area contributed by atoms with Gasteiger partial charge in [-0.25, -0.2) is 18.2 Å². The lowest BCUT2D eigenvalue weighted by Crippen LogP contribution is -2.04. The fourth-order valence-electron chi connectivity index (χ4n) is 2.28. The van der Waals surface area contributed by atoms with Crippen LogP contribution < -0.4 is 5.32 Å². The highest BCUT2D eigenvalue weighted by Gasteiger charge is 2.27. The van der Waals surface area contributed by atoms with Gasteiger partial charge >= 0.3 is 0 Å². The standard InChI is InChI=1S/C15H15F3N2/c1-2-5-19-12-7-11(8-3-4-8)20-15-9(12)6-10(16)13(17)14(15)18/h6-8H,2-5H2,1H3,(H,19,20). The summed E-state index contributed by atoms with van der Waals surface area (Å²) in [6.07, 6.45) is 2.91. The van der Waals surface area contributed by atoms with Crippen molar-refractivity contribution in [2.45, 2.75) is 32.1 Å². The maximum Gasteiger partial charge on any atom is 0.196 e. The van der Waals surface area contributed by atoms with E-state index in [1.807, 2.05) is 13.0 Å². The fourth-order valence-corrected chi connectivity index (χ4v) is 2.28. The van der Waals surface area contributed by atoms with E-state index in [9.17, 15) is 13.2 Å². The molecule has 0 unspecified atom stereocenters. The van der Waals surface area contributed by atoms with Crippen LogP contribution in [0.3, 0.4) is 0 Å². The van der Waals surface area contributed by atoms with Crippen molar-refractivity contribution in [1.29, 1.82) is 0 Å². The number of rotatable bonds is 4. The first-order valence-corrected chi connectivity index (χ1v) is 6.83. The SMILES string of the molecule is CCCNc1cc(C2CC2)nc2c(F)c(F)c(F)cc12. The molecule has 0 saturated heterocycles. The van der Waals surface area contributed by atoms with E-state index in [2.05, 4.69) is 10.3 Å². The number of aromatic nitrogens is 1. The van der Waals surface area contributed by atoms with E-state index in [4.69, 9.17) is 0 Å². The van der Waals surface area contributed by atoms with E-state index in [1.54, 1.807) is 0 Å². The molecule has 3 rings (SSSR count). The number of nitrogens with zero attached hydrogens (tertiary/aromatic N) is 1. The molecule has 1 saturated carbocycles. The molecule has 0 aliphatic heterocycles. The van der Waals surface area contributed by atoms with Gasteiger partial charge in [-0.05, 0) is 31.4 Å². The Morgan fingerprint density at radius 2 is 1.95 bits per heavy atom. The minimum Gasteiger partial charge on any atom is -0.384 e. The first-order valence-electron chi connectivity index (χ1n) is 6.83. The molecule has 0 amide bonds. The Bertz CT molecular complexity index is 666. The molecule has 0 atom stereocenters. The summed E-state index contributed by atoms with van der Waals surface area (Å²) in [5, 5.41) is 3.43. The van der Waals surface area contributed by atoms with Gasteiger partial charge in [0.05, 0.1) is 0 Å². The van der Waals surface area contributed by atoms with Crippen molar-refractivity contribution in [3.8, 4) is 0 Å². The van der Waals surface area contributed by atoms with E-state index < -0.39 is 17.5 Å². The molecule has 0 radical (unpaired) electrons. The predicted molar refractivity (Wildman–Crippen MR) is 72.4 cm³/mol. The molecule has 5 heteroatoms. The summed E-state index contributed by atoms with van der Waals surface area (Å²) in [5.74, 6) is -3.54. The van der Waals surface area contributed by atoms with E-state index in [1.165, 1.54) is 0 Å². The third-order valence-electron chi connectivity index (χ3n) is 3.52. The lowest BCUT2D eigenvalue weighted by Gasteiger charge is -2.12. The van der Waals surface area contributed by atoms with Crippen molar-refractivity contribution in [1.82, 2.24) is 4.98 Å². The molecular formula is C15H15F3N2. The van der Waals surface area contributed by atoms with Crippen molar-refractivity contribution >= 4 is 16.6 Å². The number of nitrogens with one attached hydrogen (secondary N) is 1. The number of pyridine rings is 1. The Morgan fingerprint density at radius 1 is 1.20 bits per heavy atom. The number of benzene rings is 1. The molecule has 1 aliphatic rings. The summed E-state index contributed by atoms with van der Waals surface area (Å²) >= 11 is 0. The summed E-state index contributed by atoms with van der Waals surface area (Å²) in [6, 6.07) is 2.84. The largest absolute Gasteiger partial charge is 0.384 e. The van der Waals surface area contributed by atoms with Gasteiger partial charge in [-0.3, -0.25) is 0 Å². The van der Waals surface area contributed by atoms with Crippen LogP contribution in [-0.4, -0.2) is 11.5 Å². The molecule has 1 aromatic carbocycles. The van der Waals surface area contributed by atoms with Crippen LogP contribution in [0.2, 0.25) is 0 Å². The summed E-state index contributed by atoms with van der Waals surface area (Å²) in [6.45, 7) is 2.68. The number of fused-ring (bicyclic) bond motifs is 1. The minimum absolute atomic E-state index is 0.0908. The minimum atomic E-state index is -1.46. The monoisotopic (exact) mass is 280 g/mol. The highest BCUT2D eigenvalue weighted by molar-refractivity contribution is 5.92. The van der Waals surface area contributed by atoms with E-state index in [0.29, 0.717) is 23.5 Å². The molecular weight excluding hydrogens is 265 g/mol. The number of hydrogen-bond acceptors (Lipinski definition) is 2. The molecule has 2 aromatic rings. The van der Waals surface area contributed by atoms with Crippen LogP contribution in [-0.2, 0) is 0 Å². The zero-order valence-corrected chi connectivity index (χ0v) is 11.1. The first kappa shape index (κ1) is 13.2. The smallest absolute Gasteiger partial charge is 0.196 e. The zero-order valence-electron chi connectivity index (χ0n) is 11.1. The van der Waals surface area contributed by atoms with E-state index in [-0.39, 0.29) is 5.52 Å². The van der Waals surface area contributed by atoms with Crippen molar-refractivity contribution in [2.24, 2.45) is 0 Å². The first-order chi connectivity index (χ1) is 9.61. The second kappa shape index (κ2) is 4.96. The van der Waals surface area contributed by atoms with E-state index in [0.717, 1.165) is 31.0 Å². The maximum absolute atomic E-state index is 13.9. The highest BCUT2D eigenvalue weighted by Crippen LogP contribution is 2.41. The Kier molecular flexibility index (Phi) is 3.28. The fraction of sp³-hybridized carbons (Fsp3) is 0.400. The van der Waals surface area contributed by atoms with Gasteiger partial charge in [0, 0.05) is 29.2 Å². The molecule has 1 fully saturated rings. The van der Waals surface area contributed by atoms with Crippen LogP contribution in [0.1, 0.15) is 37.8 Å². The number of halogens is 3. The van der Waals surface area contributed by atoms with Crippen molar-refractivity contribution < 1.29 is 13.2 Å². The second-order valence-corrected chi connectivity index (χ2v) is 5.18. The summed E-state index contributed by atoms with van der Waals surface area (Å²) in [7, 11) is 0. The van der Waals surface area contributed by atoms with Crippen LogP contribution in [0, 0.1) is 17.5 Å². The summed E-state index contributed by atoms with van der Waals surface area (Å²) in [4.78, 5) is 4.19. The third-order valence-corrected chi connectivity index (χ3v) is 3.52. The molecule has 1 aliphatic carbocycles. The van der Waals surface area contributed by atoms with Gasteiger partial charge in [0.25, 0.3) is 0 Å². The zero-order chi connectivity index (χ0) is 14.3. The molecule has 0 bridgehead atoms. The van der Waals surface area contributed by atoms with Gasteiger partial charge in [0.15, 0.2) is 17.5 Å². The van der Waals surface area contributed by atoms with Crippen molar-refractivity contribution in [3.63, 3.8) is 0 Å². The molecule has 2 nitrogen and oxygen atoms in total. The Balaban J connectivity index is 2.22. The van der Waals surface area contributed by atoms with Crippen LogP contribution >= 0.6 is 0 Å². The van der Waals surface area contributed by atoms with Gasteiger partial charge in [0.1, 0.15) is 5.52 Å².